The zero-order valence-corrected chi connectivity index (χ0v) is 18.2. The molecule has 1 amide bonds. The van der Waals surface area contributed by atoms with Gasteiger partial charge in [0, 0.05) is 31.0 Å². The number of hydrogen-bond donors (Lipinski definition) is 2. The summed E-state index contributed by atoms with van der Waals surface area (Å²) in [4.78, 5) is 50.6. The number of nitro groups is 1. The first-order valence-electron chi connectivity index (χ1n) is 11.0. The summed E-state index contributed by atoms with van der Waals surface area (Å²) in [5, 5.41) is 27.6. The molecule has 1 fully saturated rings. The number of carbonyl (C=O) groups is 1. The van der Waals surface area contributed by atoms with Crippen molar-refractivity contribution in [3.63, 3.8) is 0 Å². The van der Waals surface area contributed by atoms with Crippen LogP contribution in [0.5, 0.6) is 5.88 Å². The van der Waals surface area contributed by atoms with Gasteiger partial charge in [-0.1, -0.05) is 38.3 Å². The van der Waals surface area contributed by atoms with Gasteiger partial charge in [-0.2, -0.15) is 5.10 Å². The van der Waals surface area contributed by atoms with Gasteiger partial charge in [-0.05, 0) is 18.4 Å². The molecule has 1 aromatic heterocycles. The lowest BCUT2D eigenvalue weighted by molar-refractivity contribution is -0.384. The van der Waals surface area contributed by atoms with E-state index in [0.717, 1.165) is 32.1 Å². The van der Waals surface area contributed by atoms with Crippen molar-refractivity contribution in [3.8, 4) is 5.88 Å². The zero-order valence-electron chi connectivity index (χ0n) is 18.2. The molecule has 2 aromatic rings. The number of non-ortho nitro benzene ring substituents is 1. The highest BCUT2D eigenvalue weighted by Gasteiger charge is 2.36. The van der Waals surface area contributed by atoms with Gasteiger partial charge >= 0.3 is 5.69 Å². The normalized spacial score (nSPS) is 18.9. The topological polar surface area (TPSA) is 151 Å². The standard InChI is InChI=1S/C22H25N5O6/c1-2-18(28)26-17(13-8-10-15(11-9-13)27(32)33)12-16(24-26)19-20(29)23-22(31)25(21(19)30)14-6-4-3-5-7-14/h8-11,14,17,30H,2-7,12H2,1H3,(H,23,29,31)/t17-/m1/s1. The van der Waals surface area contributed by atoms with Crippen molar-refractivity contribution in [3.05, 3.63) is 66.3 Å². The van der Waals surface area contributed by atoms with Crippen molar-refractivity contribution < 1.29 is 14.8 Å². The molecule has 1 aliphatic carbocycles. The van der Waals surface area contributed by atoms with E-state index in [0.29, 0.717) is 5.56 Å². The molecular weight excluding hydrogens is 430 g/mol. The second kappa shape index (κ2) is 9.00. The molecular formula is C22H25N5O6. The number of aromatic amines is 1. The Bertz CT molecular complexity index is 1220. The number of nitro benzene ring substituents is 1. The Kier molecular flexibility index (Phi) is 6.12. The van der Waals surface area contributed by atoms with Gasteiger partial charge in [-0.3, -0.25) is 29.3 Å². The van der Waals surface area contributed by atoms with Crippen molar-refractivity contribution in [2.24, 2.45) is 5.10 Å². The Hall–Kier alpha value is -3.76. The molecule has 0 unspecified atom stereocenters. The van der Waals surface area contributed by atoms with Crippen molar-refractivity contribution in [2.75, 3.05) is 0 Å². The lowest BCUT2D eigenvalue weighted by Crippen LogP contribution is -2.36. The molecule has 2 N–H and O–H groups in total. The molecule has 0 bridgehead atoms. The van der Waals surface area contributed by atoms with E-state index in [1.165, 1.54) is 21.7 Å². The van der Waals surface area contributed by atoms with Crippen LogP contribution in [0.1, 0.15) is 75.1 Å². The number of aromatic nitrogens is 2. The van der Waals surface area contributed by atoms with E-state index in [-0.39, 0.29) is 41.8 Å². The Balaban J connectivity index is 1.76. The van der Waals surface area contributed by atoms with Crippen molar-refractivity contribution in [1.82, 2.24) is 14.6 Å². The van der Waals surface area contributed by atoms with Gasteiger partial charge in [0.2, 0.25) is 11.8 Å². The molecule has 33 heavy (non-hydrogen) atoms. The van der Waals surface area contributed by atoms with Gasteiger partial charge in [-0.25, -0.2) is 9.80 Å². The molecule has 174 valence electrons. The second-order valence-corrected chi connectivity index (χ2v) is 8.33. The van der Waals surface area contributed by atoms with E-state index in [2.05, 4.69) is 10.1 Å². The van der Waals surface area contributed by atoms with E-state index in [4.69, 9.17) is 0 Å². The SMILES string of the molecule is CCC(=O)N1N=C(c2c(O)n(C3CCCCC3)c(=O)[nH]c2=O)C[C@@H]1c1ccc([N+](=O)[O-])cc1. The minimum Gasteiger partial charge on any atom is -0.494 e. The highest BCUT2D eigenvalue weighted by Crippen LogP contribution is 2.36. The maximum absolute atomic E-state index is 12.7. The van der Waals surface area contributed by atoms with E-state index in [1.807, 2.05) is 0 Å². The summed E-state index contributed by atoms with van der Waals surface area (Å²) in [7, 11) is 0. The molecule has 1 saturated carbocycles. The van der Waals surface area contributed by atoms with Gasteiger partial charge < -0.3 is 5.11 Å². The average molecular weight is 455 g/mol. The molecule has 2 heterocycles. The maximum Gasteiger partial charge on any atom is 0.331 e. The van der Waals surface area contributed by atoms with E-state index >= 15 is 0 Å². The summed E-state index contributed by atoms with van der Waals surface area (Å²) < 4.78 is 1.23. The Morgan fingerprint density at radius 3 is 2.48 bits per heavy atom. The molecule has 11 nitrogen and oxygen atoms in total. The van der Waals surface area contributed by atoms with Crippen LogP contribution < -0.4 is 11.2 Å². The lowest BCUT2D eigenvalue weighted by atomic mass is 9.95. The number of aromatic hydroxyl groups is 1. The molecule has 1 atom stereocenters. The van der Waals surface area contributed by atoms with Crippen LogP contribution in [0, 0.1) is 10.1 Å². The highest BCUT2D eigenvalue weighted by atomic mass is 16.6. The fourth-order valence-electron chi connectivity index (χ4n) is 4.61. The summed E-state index contributed by atoms with van der Waals surface area (Å²) in [5.74, 6) is -0.743. The zero-order chi connectivity index (χ0) is 23.7. The summed E-state index contributed by atoms with van der Waals surface area (Å²) in [6, 6.07) is 4.96. The van der Waals surface area contributed by atoms with Crippen molar-refractivity contribution in [2.45, 2.75) is 64.0 Å². The number of hydrogen-bond acceptors (Lipinski definition) is 7. The molecule has 1 aromatic carbocycles. The van der Waals surface area contributed by atoms with E-state index < -0.39 is 28.1 Å². The second-order valence-electron chi connectivity index (χ2n) is 8.33. The highest BCUT2D eigenvalue weighted by molar-refractivity contribution is 6.04. The smallest absolute Gasteiger partial charge is 0.331 e. The van der Waals surface area contributed by atoms with Crippen molar-refractivity contribution >= 4 is 17.3 Å². The van der Waals surface area contributed by atoms with Gasteiger partial charge in [0.25, 0.3) is 11.2 Å². The first kappa shape index (κ1) is 22.4. The number of hydrazone groups is 1. The fraction of sp³-hybridized carbons (Fsp3) is 0.455. The van der Waals surface area contributed by atoms with Gasteiger partial charge in [-0.15, -0.1) is 0 Å². The quantitative estimate of drug-likeness (QED) is 0.522. The predicted molar refractivity (Wildman–Crippen MR) is 119 cm³/mol. The van der Waals surface area contributed by atoms with Crippen LogP contribution in [-0.4, -0.2) is 36.2 Å². The number of rotatable bonds is 5. The van der Waals surface area contributed by atoms with Crippen molar-refractivity contribution in [1.29, 1.82) is 0 Å². The van der Waals surface area contributed by atoms with E-state index in [9.17, 15) is 29.6 Å². The molecule has 1 aliphatic heterocycles. The third-order valence-electron chi connectivity index (χ3n) is 6.30. The minimum atomic E-state index is -0.767. The lowest BCUT2D eigenvalue weighted by Gasteiger charge is -2.25. The summed E-state index contributed by atoms with van der Waals surface area (Å²) >= 11 is 0. The molecule has 0 radical (unpaired) electrons. The van der Waals surface area contributed by atoms with Gasteiger partial charge in [0.05, 0.1) is 16.7 Å². The third-order valence-corrected chi connectivity index (χ3v) is 6.30. The van der Waals surface area contributed by atoms with Crippen LogP contribution in [0.2, 0.25) is 0 Å². The summed E-state index contributed by atoms with van der Waals surface area (Å²) in [6.45, 7) is 1.68. The molecule has 2 aliphatic rings. The Morgan fingerprint density at radius 2 is 1.88 bits per heavy atom. The van der Waals surface area contributed by atoms with Crippen LogP contribution in [0.15, 0.2) is 39.0 Å². The fourth-order valence-corrected chi connectivity index (χ4v) is 4.61. The third kappa shape index (κ3) is 4.18. The van der Waals surface area contributed by atoms with E-state index in [1.54, 1.807) is 19.1 Å². The minimum absolute atomic E-state index is 0.0834. The van der Waals surface area contributed by atoms with Crippen LogP contribution in [0.25, 0.3) is 0 Å². The van der Waals surface area contributed by atoms with Crippen LogP contribution in [0.3, 0.4) is 0 Å². The monoisotopic (exact) mass is 455 g/mol. The molecule has 0 spiro atoms. The Labute approximate surface area is 188 Å². The first-order valence-corrected chi connectivity index (χ1v) is 11.0. The van der Waals surface area contributed by atoms with Gasteiger partial charge in [0.15, 0.2) is 0 Å². The molecule has 11 heteroatoms. The molecule has 4 rings (SSSR count). The Morgan fingerprint density at radius 1 is 1.21 bits per heavy atom. The first-order chi connectivity index (χ1) is 15.8. The number of amides is 1. The maximum atomic E-state index is 12.7. The summed E-state index contributed by atoms with van der Waals surface area (Å²) in [5.41, 5.74) is -0.851. The number of H-pyrrole nitrogens is 1. The summed E-state index contributed by atoms with van der Waals surface area (Å²) in [6.07, 6.45) is 4.61. The van der Waals surface area contributed by atoms with Crippen LogP contribution in [0.4, 0.5) is 5.69 Å². The van der Waals surface area contributed by atoms with Crippen LogP contribution in [-0.2, 0) is 4.79 Å². The predicted octanol–water partition coefficient (Wildman–Crippen LogP) is 2.74. The largest absolute Gasteiger partial charge is 0.494 e. The van der Waals surface area contributed by atoms with Crippen LogP contribution >= 0.6 is 0 Å². The molecule has 0 saturated heterocycles. The van der Waals surface area contributed by atoms with Gasteiger partial charge in [0.1, 0.15) is 5.56 Å². The average Bonchev–Trinajstić information content (AvgIpc) is 3.24. The number of nitrogens with zero attached hydrogens (tertiary/aromatic N) is 4. The number of carbonyl (C=O) groups excluding carboxylic acids is 1. The number of nitrogens with one attached hydrogen (secondary N) is 1. The number of benzene rings is 1.